The van der Waals surface area contributed by atoms with Crippen LogP contribution in [0.3, 0.4) is 0 Å². The number of carbonyl (C=O) groups excluding carboxylic acids is 1. The van der Waals surface area contributed by atoms with Gasteiger partial charge in [-0.25, -0.2) is 8.42 Å². The Hall–Kier alpha value is -3.23. The number of hydrogen-bond donors (Lipinski definition) is 1. The molecule has 198 valence electrons. The Balaban J connectivity index is 1.54. The molecule has 3 aromatic rings. The highest BCUT2D eigenvalue weighted by Crippen LogP contribution is 2.46. The maximum atomic E-state index is 14.0. The first-order valence-electron chi connectivity index (χ1n) is 12.8. The van der Waals surface area contributed by atoms with Crippen molar-refractivity contribution in [1.29, 1.82) is 5.26 Å². The summed E-state index contributed by atoms with van der Waals surface area (Å²) in [6, 6.07) is 10.6. The predicted molar refractivity (Wildman–Crippen MR) is 139 cm³/mol. The molecule has 9 nitrogen and oxygen atoms in total. The van der Waals surface area contributed by atoms with Crippen molar-refractivity contribution in [1.82, 2.24) is 9.29 Å². The molecule has 0 amide bonds. The van der Waals surface area contributed by atoms with Gasteiger partial charge in [0.25, 0.3) is 0 Å². The molecular weight excluding hydrogens is 506 g/mol. The van der Waals surface area contributed by atoms with Gasteiger partial charge in [-0.1, -0.05) is 19.9 Å². The number of fused-ring (bicyclic) bond motifs is 4. The summed E-state index contributed by atoms with van der Waals surface area (Å²) in [4.78, 5) is 17.4. The minimum atomic E-state index is -3.95. The molecule has 3 aliphatic rings. The van der Waals surface area contributed by atoms with Gasteiger partial charge in [-0.15, -0.1) is 0 Å². The molecule has 6 rings (SSSR count). The molecule has 2 aromatic carbocycles. The SMILES string of the molecule is CC1(C)c2cc(OC3CCOCC3)c(S(=O)(=O)N3CCOCC3)cc2C(=O)c2c1[nH]c1cc(C#N)ccc21. The van der Waals surface area contributed by atoms with E-state index in [9.17, 15) is 18.5 Å². The van der Waals surface area contributed by atoms with Crippen molar-refractivity contribution in [2.45, 2.75) is 43.1 Å². The summed E-state index contributed by atoms with van der Waals surface area (Å²) in [6.45, 7) is 6.22. The third-order valence-electron chi connectivity index (χ3n) is 7.83. The lowest BCUT2D eigenvalue weighted by Gasteiger charge is -2.34. The van der Waals surface area contributed by atoms with E-state index >= 15 is 0 Å². The highest BCUT2D eigenvalue weighted by molar-refractivity contribution is 7.89. The number of rotatable bonds is 4. The summed E-state index contributed by atoms with van der Waals surface area (Å²) in [6.07, 6.45) is 1.13. The molecule has 0 radical (unpaired) electrons. The molecule has 0 spiro atoms. The van der Waals surface area contributed by atoms with Crippen molar-refractivity contribution in [2.75, 3.05) is 39.5 Å². The van der Waals surface area contributed by atoms with Crippen molar-refractivity contribution in [2.24, 2.45) is 0 Å². The van der Waals surface area contributed by atoms with Crippen molar-refractivity contribution in [3.63, 3.8) is 0 Å². The third kappa shape index (κ3) is 3.93. The summed E-state index contributed by atoms with van der Waals surface area (Å²) < 4.78 is 46.4. The van der Waals surface area contributed by atoms with Gasteiger partial charge in [0, 0.05) is 53.5 Å². The number of aromatic amines is 1. The zero-order valence-corrected chi connectivity index (χ0v) is 22.2. The molecule has 0 unspecified atom stereocenters. The zero-order valence-electron chi connectivity index (χ0n) is 21.4. The van der Waals surface area contributed by atoms with E-state index in [-0.39, 0.29) is 35.6 Å². The first-order chi connectivity index (χ1) is 18.2. The van der Waals surface area contributed by atoms with Crippen molar-refractivity contribution in [3.8, 4) is 11.8 Å². The molecule has 2 aliphatic heterocycles. The van der Waals surface area contributed by atoms with Crippen molar-refractivity contribution >= 4 is 26.7 Å². The lowest BCUT2D eigenvalue weighted by molar-refractivity contribution is 0.0242. The first-order valence-corrected chi connectivity index (χ1v) is 14.3. The summed E-state index contributed by atoms with van der Waals surface area (Å²) >= 11 is 0. The number of hydrogen-bond acceptors (Lipinski definition) is 7. The summed E-state index contributed by atoms with van der Waals surface area (Å²) in [5.41, 5.74) is 2.83. The number of H-pyrrole nitrogens is 1. The van der Waals surface area contributed by atoms with Gasteiger partial charge in [0.05, 0.1) is 43.6 Å². The van der Waals surface area contributed by atoms with E-state index in [1.54, 1.807) is 24.3 Å². The van der Waals surface area contributed by atoms with Crippen LogP contribution in [0.25, 0.3) is 10.9 Å². The van der Waals surface area contributed by atoms with E-state index in [0.717, 1.165) is 5.69 Å². The number of carbonyl (C=O) groups is 1. The largest absolute Gasteiger partial charge is 0.489 e. The Kier molecular flexibility index (Phi) is 6.07. The molecule has 2 fully saturated rings. The molecule has 0 bridgehead atoms. The molecule has 1 aliphatic carbocycles. The van der Waals surface area contributed by atoms with Crippen LogP contribution in [0.1, 0.15) is 59.4 Å². The maximum absolute atomic E-state index is 14.0. The Morgan fingerprint density at radius 2 is 1.79 bits per heavy atom. The van der Waals surface area contributed by atoms with Crippen LogP contribution >= 0.6 is 0 Å². The molecule has 0 atom stereocenters. The van der Waals surface area contributed by atoms with Crippen LogP contribution in [0.4, 0.5) is 0 Å². The lowest BCUT2D eigenvalue weighted by atomic mass is 9.71. The van der Waals surface area contributed by atoms with Crippen LogP contribution in [0.15, 0.2) is 35.2 Å². The average Bonchev–Trinajstić information content (AvgIpc) is 3.33. The zero-order chi connectivity index (χ0) is 26.7. The Labute approximate surface area is 221 Å². The Bertz CT molecular complexity index is 1590. The van der Waals surface area contributed by atoms with E-state index in [0.29, 0.717) is 72.4 Å². The predicted octanol–water partition coefficient (Wildman–Crippen LogP) is 3.49. The number of nitrogens with one attached hydrogen (secondary N) is 1. The second kappa shape index (κ2) is 9.20. The number of nitrogens with zero attached hydrogens (tertiary/aromatic N) is 2. The molecule has 1 N–H and O–H groups in total. The Morgan fingerprint density at radius 1 is 1.08 bits per heavy atom. The number of sulfonamides is 1. The van der Waals surface area contributed by atoms with Crippen LogP contribution in [0.5, 0.6) is 5.75 Å². The smallest absolute Gasteiger partial charge is 0.246 e. The molecule has 3 heterocycles. The number of aromatic nitrogens is 1. The number of benzene rings is 2. The summed E-state index contributed by atoms with van der Waals surface area (Å²) in [5, 5.41) is 10.1. The van der Waals surface area contributed by atoms with Gasteiger partial charge in [0.15, 0.2) is 5.78 Å². The van der Waals surface area contributed by atoms with Crippen LogP contribution in [0.2, 0.25) is 0 Å². The molecule has 38 heavy (non-hydrogen) atoms. The molecule has 2 saturated heterocycles. The minimum absolute atomic E-state index is 0.00356. The van der Waals surface area contributed by atoms with Crippen molar-refractivity contribution < 1.29 is 27.4 Å². The highest BCUT2D eigenvalue weighted by Gasteiger charge is 2.42. The fourth-order valence-corrected chi connectivity index (χ4v) is 7.24. The molecule has 10 heteroatoms. The molecule has 1 aromatic heterocycles. The van der Waals surface area contributed by atoms with Crippen LogP contribution in [-0.4, -0.2) is 69.1 Å². The van der Waals surface area contributed by atoms with Gasteiger partial charge in [-0.2, -0.15) is 9.57 Å². The van der Waals surface area contributed by atoms with Crippen LogP contribution in [-0.2, 0) is 24.9 Å². The first kappa shape index (κ1) is 25.1. The summed E-state index contributed by atoms with van der Waals surface area (Å²) in [5.74, 6) is 0.00988. The van der Waals surface area contributed by atoms with Gasteiger partial charge in [0.2, 0.25) is 10.0 Å². The number of nitriles is 1. The Morgan fingerprint density at radius 3 is 2.50 bits per heavy atom. The fourth-order valence-electron chi connectivity index (χ4n) is 5.70. The monoisotopic (exact) mass is 535 g/mol. The lowest BCUT2D eigenvalue weighted by Crippen LogP contribution is -2.41. The highest BCUT2D eigenvalue weighted by atomic mass is 32.2. The van der Waals surface area contributed by atoms with E-state index < -0.39 is 15.4 Å². The third-order valence-corrected chi connectivity index (χ3v) is 9.75. The topological polar surface area (TPSA) is 122 Å². The number of ether oxygens (including phenoxy) is 3. The molecular formula is C28H29N3O6S. The maximum Gasteiger partial charge on any atom is 0.246 e. The molecule has 0 saturated carbocycles. The van der Waals surface area contributed by atoms with E-state index in [1.165, 1.54) is 10.4 Å². The fraction of sp³-hybridized carbons (Fsp3) is 0.429. The second-order valence-electron chi connectivity index (χ2n) is 10.5. The average molecular weight is 536 g/mol. The normalized spacial score (nSPS) is 20.1. The second-order valence-corrected chi connectivity index (χ2v) is 12.4. The number of morpholine rings is 1. The number of ketones is 1. The van der Waals surface area contributed by atoms with Gasteiger partial charge in [0.1, 0.15) is 16.7 Å². The van der Waals surface area contributed by atoms with Gasteiger partial charge < -0.3 is 19.2 Å². The standard InChI is InChI=1S/C28H29N3O6S/c1-28(2)21-15-23(37-18-5-9-35-10-6-18)24(38(33,34)31-7-11-36-12-8-31)14-20(21)26(32)25-19-4-3-17(16-29)13-22(19)30-27(25)28/h3-4,13-15,18,30H,5-12H2,1-2H3. The van der Waals surface area contributed by atoms with Gasteiger partial charge >= 0.3 is 0 Å². The van der Waals surface area contributed by atoms with E-state index in [2.05, 4.69) is 11.1 Å². The van der Waals surface area contributed by atoms with Crippen LogP contribution in [0, 0.1) is 11.3 Å². The van der Waals surface area contributed by atoms with Gasteiger partial charge in [-0.3, -0.25) is 4.79 Å². The van der Waals surface area contributed by atoms with Gasteiger partial charge in [-0.05, 0) is 29.8 Å². The summed E-state index contributed by atoms with van der Waals surface area (Å²) in [7, 11) is -3.95. The van der Waals surface area contributed by atoms with Crippen molar-refractivity contribution in [3.05, 3.63) is 58.3 Å². The van der Waals surface area contributed by atoms with Crippen LogP contribution < -0.4 is 4.74 Å². The minimum Gasteiger partial charge on any atom is -0.489 e. The van der Waals surface area contributed by atoms with E-state index in [4.69, 9.17) is 14.2 Å². The quantitative estimate of drug-likeness (QED) is 0.543. The van der Waals surface area contributed by atoms with E-state index in [1.807, 2.05) is 13.8 Å².